The van der Waals surface area contributed by atoms with Crippen LogP contribution in [-0.2, 0) is 19.0 Å². The Morgan fingerprint density at radius 3 is 2.67 bits per heavy atom. The SMILES string of the molecule is C[C@@H](CC#N)n1nc2c(c1C(F)(F)F)CCCC2. The van der Waals surface area contributed by atoms with Crippen LogP contribution in [0, 0.1) is 11.3 Å². The molecule has 0 unspecified atom stereocenters. The summed E-state index contributed by atoms with van der Waals surface area (Å²) in [5.41, 5.74) is 0.233. The lowest BCUT2D eigenvalue weighted by Crippen LogP contribution is -2.19. The Morgan fingerprint density at radius 2 is 2.06 bits per heavy atom. The first-order valence-electron chi connectivity index (χ1n) is 5.99. The van der Waals surface area contributed by atoms with Crippen molar-refractivity contribution in [1.29, 1.82) is 5.26 Å². The molecular weight excluding hydrogens is 243 g/mol. The fourth-order valence-corrected chi connectivity index (χ4v) is 2.41. The lowest BCUT2D eigenvalue weighted by Gasteiger charge is -2.16. The van der Waals surface area contributed by atoms with Crippen molar-refractivity contribution in [1.82, 2.24) is 9.78 Å². The van der Waals surface area contributed by atoms with E-state index in [-0.39, 0.29) is 6.42 Å². The molecule has 1 heterocycles. The molecule has 0 aromatic carbocycles. The van der Waals surface area contributed by atoms with Gasteiger partial charge in [-0.25, -0.2) is 0 Å². The molecular formula is C12H14F3N3. The van der Waals surface area contributed by atoms with Crippen LogP contribution >= 0.6 is 0 Å². The van der Waals surface area contributed by atoms with Gasteiger partial charge in [0.1, 0.15) is 5.69 Å². The summed E-state index contributed by atoms with van der Waals surface area (Å²) in [6, 6.07) is 1.35. The monoisotopic (exact) mass is 257 g/mol. The maximum absolute atomic E-state index is 13.1. The first-order valence-corrected chi connectivity index (χ1v) is 5.99. The zero-order valence-corrected chi connectivity index (χ0v) is 10.1. The average molecular weight is 257 g/mol. The van der Waals surface area contributed by atoms with Gasteiger partial charge in [-0.3, -0.25) is 4.68 Å². The molecule has 1 aromatic rings. The molecule has 18 heavy (non-hydrogen) atoms. The number of halogens is 3. The van der Waals surface area contributed by atoms with E-state index in [1.54, 1.807) is 6.92 Å². The molecule has 0 amide bonds. The molecule has 0 saturated heterocycles. The summed E-state index contributed by atoms with van der Waals surface area (Å²) >= 11 is 0. The van der Waals surface area contributed by atoms with Gasteiger partial charge in [-0.2, -0.15) is 23.5 Å². The molecule has 1 atom stereocenters. The number of aryl methyl sites for hydroxylation is 1. The Bertz CT molecular complexity index is 482. The van der Waals surface area contributed by atoms with Gasteiger partial charge in [0.25, 0.3) is 0 Å². The molecule has 0 N–H and O–H groups in total. The number of rotatable bonds is 2. The standard InChI is InChI=1S/C12H14F3N3/c1-8(6-7-16)18-11(12(13,14)15)9-4-2-3-5-10(9)17-18/h8H,2-6H2,1H3/t8-/m0/s1. The van der Waals surface area contributed by atoms with Crippen molar-refractivity contribution in [2.45, 2.75) is 51.2 Å². The van der Waals surface area contributed by atoms with E-state index < -0.39 is 17.9 Å². The van der Waals surface area contributed by atoms with Gasteiger partial charge in [-0.05, 0) is 32.6 Å². The van der Waals surface area contributed by atoms with Crippen molar-refractivity contribution in [3.05, 3.63) is 17.0 Å². The quantitative estimate of drug-likeness (QED) is 0.816. The third-order valence-electron chi connectivity index (χ3n) is 3.25. The van der Waals surface area contributed by atoms with Crippen molar-refractivity contribution < 1.29 is 13.2 Å². The van der Waals surface area contributed by atoms with Crippen LogP contribution in [0.15, 0.2) is 0 Å². The first-order chi connectivity index (χ1) is 8.45. The predicted octanol–water partition coefficient (Wildman–Crippen LogP) is 3.26. The largest absolute Gasteiger partial charge is 0.433 e. The van der Waals surface area contributed by atoms with Crippen molar-refractivity contribution in [3.63, 3.8) is 0 Å². The molecule has 98 valence electrons. The van der Waals surface area contributed by atoms with E-state index in [9.17, 15) is 13.2 Å². The molecule has 3 nitrogen and oxygen atoms in total. The minimum absolute atomic E-state index is 0.0314. The van der Waals surface area contributed by atoms with Crippen molar-refractivity contribution in [3.8, 4) is 6.07 Å². The summed E-state index contributed by atoms with van der Waals surface area (Å²) in [5, 5.41) is 12.7. The topological polar surface area (TPSA) is 41.6 Å². The van der Waals surface area contributed by atoms with Crippen LogP contribution < -0.4 is 0 Å². The van der Waals surface area contributed by atoms with Crippen LogP contribution in [-0.4, -0.2) is 9.78 Å². The van der Waals surface area contributed by atoms with E-state index in [2.05, 4.69) is 5.10 Å². The van der Waals surface area contributed by atoms with Gasteiger partial charge in [-0.15, -0.1) is 0 Å². The van der Waals surface area contributed by atoms with Crippen LogP contribution in [0.4, 0.5) is 13.2 Å². The third-order valence-corrected chi connectivity index (χ3v) is 3.25. The zero-order valence-electron chi connectivity index (χ0n) is 10.1. The number of aromatic nitrogens is 2. The van der Waals surface area contributed by atoms with Crippen LogP contribution in [0.5, 0.6) is 0 Å². The summed E-state index contributed by atoms with van der Waals surface area (Å²) in [7, 11) is 0. The van der Waals surface area contributed by atoms with Crippen LogP contribution in [0.2, 0.25) is 0 Å². The summed E-state index contributed by atoms with van der Waals surface area (Å²) in [4.78, 5) is 0. The number of nitrogens with zero attached hydrogens (tertiary/aromatic N) is 3. The minimum atomic E-state index is -4.40. The van der Waals surface area contributed by atoms with Crippen molar-refractivity contribution in [2.24, 2.45) is 0 Å². The second-order valence-corrected chi connectivity index (χ2v) is 4.63. The van der Waals surface area contributed by atoms with E-state index in [1.807, 2.05) is 6.07 Å². The minimum Gasteiger partial charge on any atom is -0.256 e. The highest BCUT2D eigenvalue weighted by Crippen LogP contribution is 2.38. The van der Waals surface area contributed by atoms with Crippen molar-refractivity contribution in [2.75, 3.05) is 0 Å². The molecule has 0 radical (unpaired) electrons. The fraction of sp³-hybridized carbons (Fsp3) is 0.667. The van der Waals surface area contributed by atoms with Gasteiger partial charge in [0.2, 0.25) is 0 Å². The molecule has 2 rings (SSSR count). The van der Waals surface area contributed by atoms with E-state index in [0.29, 0.717) is 24.1 Å². The summed E-state index contributed by atoms with van der Waals surface area (Å²) in [5.74, 6) is 0. The molecule has 1 aromatic heterocycles. The predicted molar refractivity (Wildman–Crippen MR) is 58.8 cm³/mol. The van der Waals surface area contributed by atoms with Gasteiger partial charge in [0.05, 0.1) is 24.2 Å². The number of nitriles is 1. The molecule has 0 saturated carbocycles. The Hall–Kier alpha value is -1.51. The number of hydrogen-bond acceptors (Lipinski definition) is 2. The molecule has 0 bridgehead atoms. The van der Waals surface area contributed by atoms with Gasteiger partial charge >= 0.3 is 6.18 Å². The molecule has 1 aliphatic rings. The van der Waals surface area contributed by atoms with E-state index in [4.69, 9.17) is 5.26 Å². The molecule has 6 heteroatoms. The summed E-state index contributed by atoms with van der Waals surface area (Å²) < 4.78 is 40.4. The molecule has 1 aliphatic carbocycles. The Labute approximate surface area is 103 Å². The number of fused-ring (bicyclic) bond motifs is 1. The highest BCUT2D eigenvalue weighted by Gasteiger charge is 2.41. The highest BCUT2D eigenvalue weighted by atomic mass is 19.4. The van der Waals surface area contributed by atoms with Gasteiger partial charge in [-0.1, -0.05) is 0 Å². The Morgan fingerprint density at radius 1 is 1.39 bits per heavy atom. The van der Waals surface area contributed by atoms with Crippen molar-refractivity contribution >= 4 is 0 Å². The second-order valence-electron chi connectivity index (χ2n) is 4.63. The average Bonchev–Trinajstić information content (AvgIpc) is 2.68. The molecule has 0 aliphatic heterocycles. The summed E-state index contributed by atoms with van der Waals surface area (Å²) in [6.07, 6.45) is -1.68. The molecule has 0 fully saturated rings. The van der Waals surface area contributed by atoms with E-state index >= 15 is 0 Å². The summed E-state index contributed by atoms with van der Waals surface area (Å²) in [6.45, 7) is 1.59. The smallest absolute Gasteiger partial charge is 0.256 e. The van der Waals surface area contributed by atoms with E-state index in [0.717, 1.165) is 17.5 Å². The van der Waals surface area contributed by atoms with Crippen LogP contribution in [0.1, 0.15) is 49.2 Å². The normalized spacial score (nSPS) is 17.1. The van der Waals surface area contributed by atoms with Crippen LogP contribution in [0.25, 0.3) is 0 Å². The zero-order chi connectivity index (χ0) is 13.3. The third kappa shape index (κ3) is 2.22. The van der Waals surface area contributed by atoms with Gasteiger partial charge in [0, 0.05) is 5.56 Å². The van der Waals surface area contributed by atoms with Gasteiger partial charge < -0.3 is 0 Å². The first kappa shape index (κ1) is 12.9. The highest BCUT2D eigenvalue weighted by molar-refractivity contribution is 5.31. The lowest BCUT2D eigenvalue weighted by atomic mass is 9.95. The molecule has 0 spiro atoms. The second kappa shape index (κ2) is 4.63. The Kier molecular flexibility index (Phi) is 3.33. The number of hydrogen-bond donors (Lipinski definition) is 0. The maximum atomic E-state index is 13.1. The maximum Gasteiger partial charge on any atom is 0.433 e. The lowest BCUT2D eigenvalue weighted by molar-refractivity contribution is -0.145. The van der Waals surface area contributed by atoms with Gasteiger partial charge in [0.15, 0.2) is 0 Å². The number of alkyl halides is 3. The fourth-order valence-electron chi connectivity index (χ4n) is 2.41. The van der Waals surface area contributed by atoms with Crippen LogP contribution in [0.3, 0.4) is 0 Å². The Balaban J connectivity index is 2.52. The van der Waals surface area contributed by atoms with E-state index in [1.165, 1.54) is 0 Å².